The SMILES string of the molecule is C[C@@H](Cc1ccc(-c2ncc(-c3ccc(O)cc3)cn2)cc1)NC(=O)c1ccc(C(C)(C)C)s1. The van der Waals surface area contributed by atoms with Crippen LogP contribution >= 0.6 is 11.3 Å². The summed E-state index contributed by atoms with van der Waals surface area (Å²) >= 11 is 1.56. The molecule has 1 amide bonds. The minimum atomic E-state index is -0.0215. The van der Waals surface area contributed by atoms with Gasteiger partial charge in [-0.2, -0.15) is 0 Å². The first kappa shape index (κ1) is 23.6. The Bertz CT molecular complexity index is 1260. The molecule has 2 aromatic carbocycles. The van der Waals surface area contributed by atoms with E-state index in [9.17, 15) is 9.90 Å². The summed E-state index contributed by atoms with van der Waals surface area (Å²) in [5, 5.41) is 12.6. The fourth-order valence-corrected chi connectivity index (χ4v) is 4.60. The molecule has 0 saturated carbocycles. The van der Waals surface area contributed by atoms with Gasteiger partial charge >= 0.3 is 0 Å². The van der Waals surface area contributed by atoms with Crippen LogP contribution in [0.4, 0.5) is 0 Å². The minimum absolute atomic E-state index is 0.0133. The number of hydrogen-bond acceptors (Lipinski definition) is 5. The first-order valence-corrected chi connectivity index (χ1v) is 12.1. The predicted octanol–water partition coefficient (Wildman–Crippen LogP) is 6.24. The third kappa shape index (κ3) is 5.69. The van der Waals surface area contributed by atoms with E-state index in [-0.39, 0.29) is 23.1 Å². The molecule has 0 fully saturated rings. The number of carbonyl (C=O) groups is 1. The number of nitrogens with zero attached hydrogens (tertiary/aromatic N) is 2. The lowest BCUT2D eigenvalue weighted by Gasteiger charge is -2.16. The number of carbonyl (C=O) groups excluding carboxylic acids is 1. The van der Waals surface area contributed by atoms with Gasteiger partial charge in [-0.05, 0) is 54.2 Å². The van der Waals surface area contributed by atoms with Crippen molar-refractivity contribution >= 4 is 17.2 Å². The molecule has 1 atom stereocenters. The van der Waals surface area contributed by atoms with Gasteiger partial charge in [-0.1, -0.05) is 57.2 Å². The number of benzene rings is 2. The molecule has 0 aliphatic carbocycles. The van der Waals surface area contributed by atoms with Gasteiger partial charge in [-0.15, -0.1) is 11.3 Å². The standard InChI is InChI=1S/C28H29N3O2S/c1-18(31-27(33)24-13-14-25(34-24)28(2,3)4)15-19-5-7-21(8-6-19)26-29-16-22(17-30-26)20-9-11-23(32)12-10-20/h5-14,16-18,32H,15H2,1-4H3,(H,31,33)/t18-/m0/s1. The second kappa shape index (κ2) is 9.77. The van der Waals surface area contributed by atoms with Gasteiger partial charge in [0.15, 0.2) is 5.82 Å². The number of aromatic hydroxyl groups is 1. The average Bonchev–Trinajstić information content (AvgIpc) is 3.32. The maximum atomic E-state index is 12.6. The highest BCUT2D eigenvalue weighted by molar-refractivity contribution is 7.14. The number of nitrogens with one attached hydrogen (secondary N) is 1. The highest BCUT2D eigenvalue weighted by atomic mass is 32.1. The number of aromatic nitrogens is 2. The van der Waals surface area contributed by atoms with Gasteiger partial charge in [0.05, 0.1) is 4.88 Å². The molecule has 4 rings (SSSR count). The van der Waals surface area contributed by atoms with Crippen molar-refractivity contribution in [1.82, 2.24) is 15.3 Å². The Morgan fingerprint density at radius 2 is 1.53 bits per heavy atom. The van der Waals surface area contributed by atoms with Gasteiger partial charge in [0.25, 0.3) is 5.91 Å². The van der Waals surface area contributed by atoms with Crippen LogP contribution in [0.3, 0.4) is 0 Å². The van der Waals surface area contributed by atoms with Crippen LogP contribution in [-0.4, -0.2) is 27.0 Å². The second-order valence-electron chi connectivity index (χ2n) is 9.53. The first-order chi connectivity index (χ1) is 16.2. The molecule has 2 aromatic heterocycles. The number of hydrogen-bond donors (Lipinski definition) is 2. The Kier molecular flexibility index (Phi) is 6.80. The summed E-state index contributed by atoms with van der Waals surface area (Å²) in [6.07, 6.45) is 4.32. The monoisotopic (exact) mass is 471 g/mol. The quantitative estimate of drug-likeness (QED) is 0.349. The zero-order valence-corrected chi connectivity index (χ0v) is 20.7. The molecule has 5 nitrogen and oxygen atoms in total. The van der Waals surface area contributed by atoms with Crippen LogP contribution in [0.2, 0.25) is 0 Å². The van der Waals surface area contributed by atoms with E-state index in [1.54, 1.807) is 35.9 Å². The van der Waals surface area contributed by atoms with E-state index in [2.05, 4.69) is 48.2 Å². The number of amides is 1. The van der Waals surface area contributed by atoms with Gasteiger partial charge in [0.1, 0.15) is 5.75 Å². The molecule has 34 heavy (non-hydrogen) atoms. The molecule has 4 aromatic rings. The van der Waals surface area contributed by atoms with E-state index in [1.165, 1.54) is 4.88 Å². The fourth-order valence-electron chi connectivity index (χ4n) is 3.63. The third-order valence-corrected chi connectivity index (χ3v) is 7.06. The van der Waals surface area contributed by atoms with Crippen molar-refractivity contribution in [3.63, 3.8) is 0 Å². The Morgan fingerprint density at radius 1 is 0.912 bits per heavy atom. The van der Waals surface area contributed by atoms with Crippen molar-refractivity contribution in [3.8, 4) is 28.3 Å². The highest BCUT2D eigenvalue weighted by Gasteiger charge is 2.19. The predicted molar refractivity (Wildman–Crippen MR) is 138 cm³/mol. The molecule has 6 heteroatoms. The van der Waals surface area contributed by atoms with Crippen LogP contribution in [0.1, 0.15) is 47.8 Å². The highest BCUT2D eigenvalue weighted by Crippen LogP contribution is 2.29. The molecule has 0 bridgehead atoms. The summed E-state index contributed by atoms with van der Waals surface area (Å²) in [5.41, 5.74) is 3.97. The van der Waals surface area contributed by atoms with E-state index in [0.29, 0.717) is 5.82 Å². The third-order valence-electron chi connectivity index (χ3n) is 5.55. The smallest absolute Gasteiger partial charge is 0.261 e. The molecular weight excluding hydrogens is 442 g/mol. The fraction of sp³-hybridized carbons (Fsp3) is 0.250. The molecule has 0 unspecified atom stereocenters. The van der Waals surface area contributed by atoms with Gasteiger partial charge in [0, 0.05) is 34.4 Å². The summed E-state index contributed by atoms with van der Waals surface area (Å²) < 4.78 is 0. The average molecular weight is 472 g/mol. The number of rotatable bonds is 6. The van der Waals surface area contributed by atoms with Crippen molar-refractivity contribution in [2.45, 2.75) is 45.6 Å². The van der Waals surface area contributed by atoms with Crippen molar-refractivity contribution in [2.24, 2.45) is 0 Å². The van der Waals surface area contributed by atoms with Crippen LogP contribution in [0, 0.1) is 0 Å². The van der Waals surface area contributed by atoms with Crippen molar-refractivity contribution in [2.75, 3.05) is 0 Å². The largest absolute Gasteiger partial charge is 0.508 e. The van der Waals surface area contributed by atoms with Gasteiger partial charge in [0.2, 0.25) is 0 Å². The molecular formula is C28H29N3O2S. The molecule has 0 aliphatic rings. The number of thiophene rings is 1. The van der Waals surface area contributed by atoms with Gasteiger partial charge in [-0.3, -0.25) is 4.79 Å². The van der Waals surface area contributed by atoms with Crippen LogP contribution < -0.4 is 5.32 Å². The molecule has 174 valence electrons. The Hall–Kier alpha value is -3.51. The number of phenolic OH excluding ortho intramolecular Hbond substituents is 1. The van der Waals surface area contributed by atoms with Crippen LogP contribution in [0.5, 0.6) is 5.75 Å². The molecule has 0 spiro atoms. The lowest BCUT2D eigenvalue weighted by Crippen LogP contribution is -2.33. The van der Waals surface area contributed by atoms with E-state index in [1.807, 2.05) is 43.3 Å². The van der Waals surface area contributed by atoms with Crippen LogP contribution in [-0.2, 0) is 11.8 Å². The van der Waals surface area contributed by atoms with E-state index >= 15 is 0 Å². The summed E-state index contributed by atoms with van der Waals surface area (Å²) in [7, 11) is 0. The minimum Gasteiger partial charge on any atom is -0.508 e. The van der Waals surface area contributed by atoms with Crippen molar-refractivity contribution in [3.05, 3.63) is 88.4 Å². The Morgan fingerprint density at radius 3 is 2.12 bits per heavy atom. The van der Waals surface area contributed by atoms with Crippen LogP contribution in [0.25, 0.3) is 22.5 Å². The summed E-state index contributed by atoms with van der Waals surface area (Å²) in [4.78, 5) is 23.6. The van der Waals surface area contributed by atoms with Gasteiger partial charge in [-0.25, -0.2) is 9.97 Å². The Labute approximate surface area is 204 Å². The summed E-state index contributed by atoms with van der Waals surface area (Å²) in [6.45, 7) is 8.49. The second-order valence-corrected chi connectivity index (χ2v) is 10.6. The van der Waals surface area contributed by atoms with Crippen LogP contribution in [0.15, 0.2) is 73.1 Å². The lowest BCUT2D eigenvalue weighted by atomic mass is 9.95. The normalized spacial score (nSPS) is 12.4. The molecule has 0 radical (unpaired) electrons. The summed E-state index contributed by atoms with van der Waals surface area (Å²) in [5.74, 6) is 0.867. The zero-order chi connectivity index (χ0) is 24.3. The maximum Gasteiger partial charge on any atom is 0.261 e. The van der Waals surface area contributed by atoms with Gasteiger partial charge < -0.3 is 10.4 Å². The zero-order valence-electron chi connectivity index (χ0n) is 19.9. The summed E-state index contributed by atoms with van der Waals surface area (Å²) in [6, 6.07) is 19.1. The van der Waals surface area contributed by atoms with E-state index < -0.39 is 0 Å². The van der Waals surface area contributed by atoms with Crippen molar-refractivity contribution < 1.29 is 9.90 Å². The number of phenols is 1. The van der Waals surface area contributed by atoms with E-state index in [4.69, 9.17) is 0 Å². The maximum absolute atomic E-state index is 12.6. The van der Waals surface area contributed by atoms with Crippen molar-refractivity contribution in [1.29, 1.82) is 0 Å². The molecule has 0 aliphatic heterocycles. The molecule has 0 saturated heterocycles. The lowest BCUT2D eigenvalue weighted by molar-refractivity contribution is 0.0944. The molecule has 2 N–H and O–H groups in total. The van der Waals surface area contributed by atoms with E-state index in [0.717, 1.165) is 33.6 Å². The first-order valence-electron chi connectivity index (χ1n) is 11.3. The topological polar surface area (TPSA) is 75.1 Å². The molecule has 2 heterocycles. The Balaban J connectivity index is 1.36.